The highest BCUT2D eigenvalue weighted by atomic mass is 15.1. The molecule has 0 bridgehead atoms. The number of rotatable bonds is 2. The molecular weight excluding hydrogens is 248 g/mol. The number of aryl methyl sites for hydroxylation is 2. The van der Waals surface area contributed by atoms with E-state index in [2.05, 4.69) is 35.3 Å². The summed E-state index contributed by atoms with van der Waals surface area (Å²) in [6.45, 7) is 8.55. The SMILES string of the molecule is Cc1nc(N)c2c(C)c(C)n(C(C)C3CCCC3)c2n1. The second-order valence-corrected chi connectivity index (χ2v) is 6.22. The van der Waals surface area contributed by atoms with Crippen LogP contribution in [-0.4, -0.2) is 14.5 Å². The van der Waals surface area contributed by atoms with Crippen LogP contribution >= 0.6 is 0 Å². The summed E-state index contributed by atoms with van der Waals surface area (Å²) in [5.41, 5.74) is 9.65. The van der Waals surface area contributed by atoms with E-state index in [0.29, 0.717) is 11.9 Å². The fourth-order valence-corrected chi connectivity index (χ4v) is 3.78. The van der Waals surface area contributed by atoms with Crippen molar-refractivity contribution in [3.8, 4) is 0 Å². The molecule has 0 aromatic carbocycles. The molecule has 4 heteroatoms. The second-order valence-electron chi connectivity index (χ2n) is 6.22. The van der Waals surface area contributed by atoms with Crippen LogP contribution in [0.1, 0.15) is 55.7 Å². The summed E-state index contributed by atoms with van der Waals surface area (Å²) in [7, 11) is 0. The molecule has 2 N–H and O–H groups in total. The van der Waals surface area contributed by atoms with Crippen LogP contribution in [-0.2, 0) is 0 Å². The second kappa shape index (κ2) is 4.76. The zero-order valence-corrected chi connectivity index (χ0v) is 12.9. The Morgan fingerprint density at radius 3 is 2.45 bits per heavy atom. The molecule has 0 aliphatic heterocycles. The summed E-state index contributed by atoms with van der Waals surface area (Å²) < 4.78 is 2.39. The normalized spacial score (nSPS) is 18.0. The van der Waals surface area contributed by atoms with E-state index in [-0.39, 0.29) is 0 Å². The maximum atomic E-state index is 6.13. The smallest absolute Gasteiger partial charge is 0.146 e. The number of nitrogens with zero attached hydrogens (tertiary/aromatic N) is 3. The van der Waals surface area contributed by atoms with Crippen LogP contribution in [0.15, 0.2) is 0 Å². The van der Waals surface area contributed by atoms with Gasteiger partial charge in [-0.05, 0) is 52.0 Å². The Balaban J connectivity index is 2.21. The van der Waals surface area contributed by atoms with Crippen molar-refractivity contribution in [1.29, 1.82) is 0 Å². The number of hydrogen-bond acceptors (Lipinski definition) is 3. The topological polar surface area (TPSA) is 56.7 Å². The average molecular weight is 272 g/mol. The summed E-state index contributed by atoms with van der Waals surface area (Å²) in [4.78, 5) is 9.01. The molecule has 108 valence electrons. The van der Waals surface area contributed by atoms with Gasteiger partial charge in [-0.25, -0.2) is 9.97 Å². The predicted octanol–water partition coefficient (Wildman–Crippen LogP) is 3.69. The third-order valence-corrected chi connectivity index (χ3v) is 5.03. The first-order valence-corrected chi connectivity index (χ1v) is 7.62. The number of anilines is 1. The fourth-order valence-electron chi connectivity index (χ4n) is 3.78. The van der Waals surface area contributed by atoms with E-state index >= 15 is 0 Å². The first-order valence-electron chi connectivity index (χ1n) is 7.62. The van der Waals surface area contributed by atoms with Crippen molar-refractivity contribution in [1.82, 2.24) is 14.5 Å². The van der Waals surface area contributed by atoms with E-state index in [4.69, 9.17) is 5.73 Å². The molecule has 0 radical (unpaired) electrons. The molecule has 3 rings (SSSR count). The third kappa shape index (κ3) is 1.89. The molecular formula is C16H24N4. The minimum Gasteiger partial charge on any atom is -0.383 e. The standard InChI is InChI=1S/C16H24N4/c1-9-10(2)20(11(3)13-7-5-6-8-13)16-14(9)15(17)18-12(4)19-16/h11,13H,5-8H2,1-4H3,(H2,17,18,19). The van der Waals surface area contributed by atoms with Gasteiger partial charge >= 0.3 is 0 Å². The molecule has 20 heavy (non-hydrogen) atoms. The van der Waals surface area contributed by atoms with Crippen LogP contribution < -0.4 is 5.73 Å². The first kappa shape index (κ1) is 13.4. The maximum Gasteiger partial charge on any atom is 0.146 e. The summed E-state index contributed by atoms with van der Waals surface area (Å²) >= 11 is 0. The Bertz CT molecular complexity index is 650. The van der Waals surface area contributed by atoms with Gasteiger partial charge in [0, 0.05) is 11.7 Å². The zero-order valence-electron chi connectivity index (χ0n) is 12.9. The molecule has 0 spiro atoms. The van der Waals surface area contributed by atoms with Gasteiger partial charge in [-0.15, -0.1) is 0 Å². The fraction of sp³-hybridized carbons (Fsp3) is 0.625. The predicted molar refractivity (Wildman–Crippen MR) is 82.8 cm³/mol. The van der Waals surface area contributed by atoms with Crippen LogP contribution in [0.2, 0.25) is 0 Å². The molecule has 1 atom stereocenters. The summed E-state index contributed by atoms with van der Waals surface area (Å²) in [5.74, 6) is 2.14. The highest BCUT2D eigenvalue weighted by molar-refractivity contribution is 5.91. The summed E-state index contributed by atoms with van der Waals surface area (Å²) in [6, 6.07) is 0.488. The van der Waals surface area contributed by atoms with Gasteiger partial charge in [-0.2, -0.15) is 0 Å². The quantitative estimate of drug-likeness (QED) is 0.907. The van der Waals surface area contributed by atoms with Crippen molar-refractivity contribution in [2.24, 2.45) is 5.92 Å². The highest BCUT2D eigenvalue weighted by Gasteiger charge is 2.27. The van der Waals surface area contributed by atoms with Crippen LogP contribution in [0, 0.1) is 26.7 Å². The van der Waals surface area contributed by atoms with E-state index < -0.39 is 0 Å². The van der Waals surface area contributed by atoms with Gasteiger partial charge in [0.15, 0.2) is 0 Å². The van der Waals surface area contributed by atoms with E-state index in [1.54, 1.807) is 0 Å². The van der Waals surface area contributed by atoms with Gasteiger partial charge in [0.25, 0.3) is 0 Å². The zero-order chi connectivity index (χ0) is 14.4. The van der Waals surface area contributed by atoms with Gasteiger partial charge < -0.3 is 10.3 Å². The average Bonchev–Trinajstić information content (AvgIpc) is 2.98. The number of hydrogen-bond donors (Lipinski definition) is 1. The van der Waals surface area contributed by atoms with Crippen LogP contribution in [0.4, 0.5) is 5.82 Å². The molecule has 2 aromatic rings. The molecule has 2 aromatic heterocycles. The van der Waals surface area contributed by atoms with E-state index in [9.17, 15) is 0 Å². The lowest BCUT2D eigenvalue weighted by molar-refractivity contribution is 0.363. The van der Waals surface area contributed by atoms with Crippen molar-refractivity contribution >= 4 is 16.9 Å². The lowest BCUT2D eigenvalue weighted by atomic mass is 9.99. The van der Waals surface area contributed by atoms with E-state index in [1.807, 2.05) is 6.92 Å². The monoisotopic (exact) mass is 272 g/mol. The van der Waals surface area contributed by atoms with Crippen molar-refractivity contribution in [3.63, 3.8) is 0 Å². The molecule has 0 amide bonds. The van der Waals surface area contributed by atoms with E-state index in [0.717, 1.165) is 22.8 Å². The Hall–Kier alpha value is -1.58. The molecule has 0 saturated heterocycles. The summed E-state index contributed by atoms with van der Waals surface area (Å²) in [6.07, 6.45) is 5.39. The maximum absolute atomic E-state index is 6.13. The van der Waals surface area contributed by atoms with Gasteiger partial charge in [-0.1, -0.05) is 12.8 Å². The number of nitrogen functional groups attached to an aromatic ring is 1. The van der Waals surface area contributed by atoms with Crippen molar-refractivity contribution in [2.75, 3.05) is 5.73 Å². The van der Waals surface area contributed by atoms with Crippen LogP contribution in [0.5, 0.6) is 0 Å². The van der Waals surface area contributed by atoms with Crippen molar-refractivity contribution in [3.05, 3.63) is 17.1 Å². The molecule has 4 nitrogen and oxygen atoms in total. The van der Waals surface area contributed by atoms with Gasteiger partial charge in [0.1, 0.15) is 17.3 Å². The number of aromatic nitrogens is 3. The van der Waals surface area contributed by atoms with Gasteiger partial charge in [-0.3, -0.25) is 0 Å². The summed E-state index contributed by atoms with van der Waals surface area (Å²) in [5, 5.41) is 1.04. The third-order valence-electron chi connectivity index (χ3n) is 5.03. The molecule has 1 aliphatic rings. The van der Waals surface area contributed by atoms with Crippen LogP contribution in [0.25, 0.3) is 11.0 Å². The number of nitrogens with two attached hydrogens (primary N) is 1. The van der Waals surface area contributed by atoms with Crippen molar-refractivity contribution < 1.29 is 0 Å². The van der Waals surface area contributed by atoms with Gasteiger partial charge in [0.2, 0.25) is 0 Å². The molecule has 1 fully saturated rings. The minimum absolute atomic E-state index is 0.488. The Kier molecular flexibility index (Phi) is 3.19. The Labute approximate surface area is 120 Å². The Morgan fingerprint density at radius 1 is 1.15 bits per heavy atom. The lowest BCUT2D eigenvalue weighted by Crippen LogP contribution is -2.16. The largest absolute Gasteiger partial charge is 0.383 e. The number of fused-ring (bicyclic) bond motifs is 1. The highest BCUT2D eigenvalue weighted by Crippen LogP contribution is 2.38. The van der Waals surface area contributed by atoms with Crippen LogP contribution in [0.3, 0.4) is 0 Å². The molecule has 2 heterocycles. The lowest BCUT2D eigenvalue weighted by Gasteiger charge is -2.23. The first-order chi connectivity index (χ1) is 9.50. The van der Waals surface area contributed by atoms with Crippen molar-refractivity contribution in [2.45, 2.75) is 59.4 Å². The molecule has 1 saturated carbocycles. The molecule has 1 aliphatic carbocycles. The molecule has 1 unspecified atom stereocenters. The van der Waals surface area contributed by atoms with E-state index in [1.165, 1.54) is 36.9 Å². The minimum atomic E-state index is 0.488. The van der Waals surface area contributed by atoms with Gasteiger partial charge in [0.05, 0.1) is 5.39 Å². The Morgan fingerprint density at radius 2 is 1.80 bits per heavy atom.